The fourth-order valence-corrected chi connectivity index (χ4v) is 3.64. The number of nitrogens with one attached hydrogen (secondary N) is 1. The molecule has 0 aliphatic heterocycles. The summed E-state index contributed by atoms with van der Waals surface area (Å²) in [6.07, 6.45) is 11.0. The van der Waals surface area contributed by atoms with E-state index in [0.717, 1.165) is 11.6 Å². The molecule has 1 aromatic rings. The lowest BCUT2D eigenvalue weighted by atomic mass is 9.68. The maximum atomic E-state index is 5.96. The third-order valence-corrected chi connectivity index (χ3v) is 5.11. The molecule has 2 heteroatoms. The SMILES string of the molecule is CCNCCC1(CCc2ccc(Cl)cc2)CCCCC1. The van der Waals surface area contributed by atoms with Crippen LogP contribution in [0, 0.1) is 5.41 Å². The van der Waals surface area contributed by atoms with Gasteiger partial charge >= 0.3 is 0 Å². The number of aryl methyl sites for hydroxylation is 1. The monoisotopic (exact) mass is 293 g/mol. The van der Waals surface area contributed by atoms with Gasteiger partial charge in [-0.1, -0.05) is 49.9 Å². The molecule has 1 aliphatic carbocycles. The Kier molecular flexibility index (Phi) is 6.38. The summed E-state index contributed by atoms with van der Waals surface area (Å²) >= 11 is 5.96. The van der Waals surface area contributed by atoms with E-state index in [1.54, 1.807) is 0 Å². The minimum Gasteiger partial charge on any atom is -0.317 e. The number of hydrogen-bond acceptors (Lipinski definition) is 1. The zero-order chi connectivity index (χ0) is 14.3. The van der Waals surface area contributed by atoms with Crippen molar-refractivity contribution in [1.82, 2.24) is 5.32 Å². The zero-order valence-electron chi connectivity index (χ0n) is 12.8. The van der Waals surface area contributed by atoms with Crippen LogP contribution in [-0.2, 0) is 6.42 Å². The summed E-state index contributed by atoms with van der Waals surface area (Å²) in [7, 11) is 0. The van der Waals surface area contributed by atoms with Crippen LogP contribution >= 0.6 is 11.6 Å². The Balaban J connectivity index is 1.91. The number of halogens is 1. The van der Waals surface area contributed by atoms with Crippen molar-refractivity contribution in [3.05, 3.63) is 34.9 Å². The molecule has 0 saturated heterocycles. The van der Waals surface area contributed by atoms with Gasteiger partial charge in [0, 0.05) is 5.02 Å². The van der Waals surface area contributed by atoms with E-state index in [-0.39, 0.29) is 0 Å². The van der Waals surface area contributed by atoms with Gasteiger partial charge in [0.05, 0.1) is 0 Å². The minimum absolute atomic E-state index is 0.583. The molecule has 1 aromatic carbocycles. The zero-order valence-corrected chi connectivity index (χ0v) is 13.5. The minimum atomic E-state index is 0.583. The first kappa shape index (κ1) is 15.9. The van der Waals surface area contributed by atoms with Gasteiger partial charge in [-0.05, 0) is 68.3 Å². The normalized spacial score (nSPS) is 18.1. The number of hydrogen-bond donors (Lipinski definition) is 1. The molecule has 2 rings (SSSR count). The first-order valence-electron chi connectivity index (χ1n) is 8.19. The third-order valence-electron chi connectivity index (χ3n) is 4.85. The second kappa shape index (κ2) is 8.05. The summed E-state index contributed by atoms with van der Waals surface area (Å²) in [5.41, 5.74) is 2.02. The van der Waals surface area contributed by atoms with Crippen molar-refractivity contribution in [3.8, 4) is 0 Å². The van der Waals surface area contributed by atoms with Crippen molar-refractivity contribution in [2.24, 2.45) is 5.41 Å². The van der Waals surface area contributed by atoms with Crippen molar-refractivity contribution in [1.29, 1.82) is 0 Å². The molecule has 0 radical (unpaired) electrons. The van der Waals surface area contributed by atoms with E-state index >= 15 is 0 Å². The Bertz CT molecular complexity index is 379. The van der Waals surface area contributed by atoms with E-state index < -0.39 is 0 Å². The predicted octanol–water partition coefficient (Wildman–Crippen LogP) is 5.22. The molecule has 0 bridgehead atoms. The third kappa shape index (κ3) is 4.79. The van der Waals surface area contributed by atoms with Crippen molar-refractivity contribution >= 4 is 11.6 Å². The van der Waals surface area contributed by atoms with Crippen LogP contribution in [0.4, 0.5) is 0 Å². The highest BCUT2D eigenvalue weighted by Gasteiger charge is 2.30. The Hall–Kier alpha value is -0.530. The van der Waals surface area contributed by atoms with E-state index in [2.05, 4.69) is 24.4 Å². The highest BCUT2D eigenvalue weighted by atomic mass is 35.5. The molecular formula is C18H28ClN. The topological polar surface area (TPSA) is 12.0 Å². The van der Waals surface area contributed by atoms with Gasteiger partial charge in [0.2, 0.25) is 0 Å². The van der Waals surface area contributed by atoms with Crippen molar-refractivity contribution < 1.29 is 0 Å². The largest absolute Gasteiger partial charge is 0.317 e. The lowest BCUT2D eigenvalue weighted by Gasteiger charge is -2.38. The molecule has 0 unspecified atom stereocenters. The van der Waals surface area contributed by atoms with Crippen LogP contribution in [0.1, 0.15) is 57.4 Å². The molecular weight excluding hydrogens is 266 g/mol. The summed E-state index contributed by atoms with van der Waals surface area (Å²) in [6, 6.07) is 8.40. The van der Waals surface area contributed by atoms with Gasteiger partial charge in [-0.15, -0.1) is 0 Å². The van der Waals surface area contributed by atoms with Crippen LogP contribution in [0.15, 0.2) is 24.3 Å². The molecule has 1 saturated carbocycles. The molecule has 1 aliphatic rings. The number of rotatable bonds is 7. The van der Waals surface area contributed by atoms with Crippen LogP contribution in [0.5, 0.6) is 0 Å². The molecule has 1 fully saturated rings. The molecule has 1 N–H and O–H groups in total. The molecule has 1 nitrogen and oxygen atoms in total. The van der Waals surface area contributed by atoms with Gasteiger partial charge in [0.25, 0.3) is 0 Å². The molecule has 0 amide bonds. The van der Waals surface area contributed by atoms with Gasteiger partial charge in [0.1, 0.15) is 0 Å². The van der Waals surface area contributed by atoms with Gasteiger partial charge in [-0.25, -0.2) is 0 Å². The van der Waals surface area contributed by atoms with E-state index in [1.807, 2.05) is 12.1 Å². The van der Waals surface area contributed by atoms with E-state index in [4.69, 9.17) is 11.6 Å². The highest BCUT2D eigenvalue weighted by molar-refractivity contribution is 6.30. The summed E-state index contributed by atoms with van der Waals surface area (Å²) in [5, 5.41) is 4.35. The number of benzene rings is 1. The first-order valence-corrected chi connectivity index (χ1v) is 8.57. The van der Waals surface area contributed by atoms with Crippen LogP contribution in [-0.4, -0.2) is 13.1 Å². The molecule has 0 heterocycles. The molecule has 0 atom stereocenters. The Labute approximate surface area is 129 Å². The predicted molar refractivity (Wildman–Crippen MR) is 88.5 cm³/mol. The summed E-state index contributed by atoms with van der Waals surface area (Å²) < 4.78 is 0. The quantitative estimate of drug-likeness (QED) is 0.679. The van der Waals surface area contributed by atoms with Crippen LogP contribution in [0.3, 0.4) is 0 Å². The molecule has 0 spiro atoms. The second-order valence-corrected chi connectivity index (χ2v) is 6.73. The molecule has 112 valence electrons. The average Bonchev–Trinajstić information content (AvgIpc) is 2.48. The lowest BCUT2D eigenvalue weighted by Crippen LogP contribution is -2.29. The fourth-order valence-electron chi connectivity index (χ4n) is 3.52. The Morgan fingerprint density at radius 1 is 1.05 bits per heavy atom. The van der Waals surface area contributed by atoms with Crippen LogP contribution in [0.25, 0.3) is 0 Å². The summed E-state index contributed by atoms with van der Waals surface area (Å²) in [6.45, 7) is 4.46. The summed E-state index contributed by atoms with van der Waals surface area (Å²) in [5.74, 6) is 0. The van der Waals surface area contributed by atoms with Gasteiger partial charge < -0.3 is 5.32 Å². The van der Waals surface area contributed by atoms with Crippen molar-refractivity contribution in [2.75, 3.05) is 13.1 Å². The van der Waals surface area contributed by atoms with Gasteiger partial charge in [0.15, 0.2) is 0 Å². The summed E-state index contributed by atoms with van der Waals surface area (Å²) in [4.78, 5) is 0. The lowest BCUT2D eigenvalue weighted by molar-refractivity contribution is 0.157. The molecule has 20 heavy (non-hydrogen) atoms. The average molecular weight is 294 g/mol. The van der Waals surface area contributed by atoms with Crippen molar-refractivity contribution in [2.45, 2.75) is 58.3 Å². The van der Waals surface area contributed by atoms with Crippen LogP contribution in [0.2, 0.25) is 5.02 Å². The maximum absolute atomic E-state index is 5.96. The van der Waals surface area contributed by atoms with Gasteiger partial charge in [-0.3, -0.25) is 0 Å². The van der Waals surface area contributed by atoms with E-state index in [9.17, 15) is 0 Å². The fraction of sp³-hybridized carbons (Fsp3) is 0.667. The highest BCUT2D eigenvalue weighted by Crippen LogP contribution is 2.42. The standard InChI is InChI=1S/C18H28ClN/c1-2-20-15-14-18(11-4-3-5-12-18)13-10-16-6-8-17(19)9-7-16/h6-9,20H,2-5,10-15H2,1H3. The van der Waals surface area contributed by atoms with Crippen molar-refractivity contribution in [3.63, 3.8) is 0 Å². The van der Waals surface area contributed by atoms with Crippen LogP contribution < -0.4 is 5.32 Å². The Morgan fingerprint density at radius 3 is 2.40 bits per heavy atom. The maximum Gasteiger partial charge on any atom is 0.0406 e. The molecule has 0 aromatic heterocycles. The van der Waals surface area contributed by atoms with Gasteiger partial charge in [-0.2, -0.15) is 0 Å². The second-order valence-electron chi connectivity index (χ2n) is 6.29. The van der Waals surface area contributed by atoms with E-state index in [1.165, 1.54) is 63.5 Å². The Morgan fingerprint density at radius 2 is 1.75 bits per heavy atom. The van der Waals surface area contributed by atoms with E-state index in [0.29, 0.717) is 5.41 Å². The first-order chi connectivity index (χ1) is 9.74. The smallest absolute Gasteiger partial charge is 0.0406 e.